The van der Waals surface area contributed by atoms with Gasteiger partial charge >= 0.3 is 0 Å². The lowest BCUT2D eigenvalue weighted by molar-refractivity contribution is 0.627. The molecule has 3 N–H and O–H groups in total. The summed E-state index contributed by atoms with van der Waals surface area (Å²) in [5.74, 6) is 1.23. The Morgan fingerprint density at radius 2 is 1.91 bits per heavy atom. The van der Waals surface area contributed by atoms with Crippen LogP contribution >= 0.6 is 12.2 Å². The van der Waals surface area contributed by atoms with Crippen molar-refractivity contribution < 1.29 is 4.39 Å². The fraction of sp³-hybridized carbons (Fsp3) is 0.312. The second kappa shape index (κ2) is 7.82. The van der Waals surface area contributed by atoms with Crippen LogP contribution < -0.4 is 16.0 Å². The van der Waals surface area contributed by atoms with Crippen LogP contribution in [0.15, 0.2) is 30.3 Å². The maximum atomic E-state index is 12.9. The molecule has 1 aromatic heterocycles. The van der Waals surface area contributed by atoms with Gasteiger partial charge in [0.25, 0.3) is 0 Å². The van der Waals surface area contributed by atoms with Crippen molar-refractivity contribution in [2.75, 3.05) is 17.2 Å². The van der Waals surface area contributed by atoms with Crippen LogP contribution in [0.25, 0.3) is 0 Å². The number of hydrogen-bond donors (Lipinski definition) is 3. The van der Waals surface area contributed by atoms with E-state index < -0.39 is 0 Å². The lowest BCUT2D eigenvalue weighted by Gasteiger charge is -2.13. The highest BCUT2D eigenvalue weighted by Gasteiger charge is 2.05. The van der Waals surface area contributed by atoms with E-state index in [0.29, 0.717) is 22.8 Å². The minimum absolute atomic E-state index is 0.279. The van der Waals surface area contributed by atoms with E-state index >= 15 is 0 Å². The summed E-state index contributed by atoms with van der Waals surface area (Å²) in [4.78, 5) is 8.67. The Bertz CT molecular complexity index is 673. The average molecular weight is 333 g/mol. The molecule has 0 atom stereocenters. The summed E-state index contributed by atoms with van der Waals surface area (Å²) < 4.78 is 12.9. The molecule has 2 rings (SSSR count). The van der Waals surface area contributed by atoms with Crippen molar-refractivity contribution in [1.82, 2.24) is 15.3 Å². The van der Waals surface area contributed by atoms with E-state index in [1.807, 2.05) is 6.92 Å². The first-order valence-electron chi connectivity index (χ1n) is 7.35. The molecule has 0 bridgehead atoms. The third-order valence-electron chi connectivity index (χ3n) is 2.87. The summed E-state index contributed by atoms with van der Waals surface area (Å²) in [6, 6.07) is 7.88. The van der Waals surface area contributed by atoms with Crippen LogP contribution in [0, 0.1) is 18.7 Å². The predicted molar refractivity (Wildman–Crippen MR) is 95.5 cm³/mol. The smallest absolute Gasteiger partial charge is 0.231 e. The molecule has 0 saturated heterocycles. The van der Waals surface area contributed by atoms with Crippen LogP contribution in [-0.2, 0) is 0 Å². The van der Waals surface area contributed by atoms with Crippen LogP contribution in [0.5, 0.6) is 0 Å². The number of rotatable bonds is 5. The number of thiocarbonyl (C=S) groups is 1. The molecule has 0 amide bonds. The Morgan fingerprint density at radius 1 is 1.22 bits per heavy atom. The van der Waals surface area contributed by atoms with E-state index in [1.54, 1.807) is 18.2 Å². The second-order valence-electron chi connectivity index (χ2n) is 5.58. The molecule has 0 spiro atoms. The minimum atomic E-state index is -0.279. The van der Waals surface area contributed by atoms with Gasteiger partial charge in [0.1, 0.15) is 11.6 Å². The van der Waals surface area contributed by atoms with Crippen LogP contribution in [0.1, 0.15) is 19.5 Å². The largest absolute Gasteiger partial charge is 0.362 e. The normalized spacial score (nSPS) is 10.5. The Hall–Kier alpha value is -2.28. The minimum Gasteiger partial charge on any atom is -0.362 e. The molecule has 7 heteroatoms. The molecular weight excluding hydrogens is 313 g/mol. The van der Waals surface area contributed by atoms with Crippen molar-refractivity contribution >= 4 is 34.8 Å². The Kier molecular flexibility index (Phi) is 5.81. The van der Waals surface area contributed by atoms with Crippen molar-refractivity contribution in [2.24, 2.45) is 5.92 Å². The number of anilines is 3. The first-order valence-corrected chi connectivity index (χ1v) is 7.76. The summed E-state index contributed by atoms with van der Waals surface area (Å²) in [5, 5.41) is 9.67. The molecule has 0 aliphatic carbocycles. The second-order valence-corrected chi connectivity index (χ2v) is 5.99. The van der Waals surface area contributed by atoms with Crippen LogP contribution in [0.2, 0.25) is 0 Å². The average Bonchev–Trinajstić information content (AvgIpc) is 2.47. The van der Waals surface area contributed by atoms with Crippen molar-refractivity contribution in [3.63, 3.8) is 0 Å². The molecule has 1 aromatic carbocycles. The van der Waals surface area contributed by atoms with E-state index in [0.717, 1.165) is 17.9 Å². The quantitative estimate of drug-likeness (QED) is 0.727. The number of nitrogens with one attached hydrogen (secondary N) is 3. The Morgan fingerprint density at radius 3 is 2.57 bits per heavy atom. The van der Waals surface area contributed by atoms with Gasteiger partial charge in [0, 0.05) is 24.0 Å². The SMILES string of the molecule is Cc1cc(Nc2ccc(F)cc2)nc(NC(=S)NCC(C)C)n1. The lowest BCUT2D eigenvalue weighted by atomic mass is 10.2. The Balaban J connectivity index is 2.06. The summed E-state index contributed by atoms with van der Waals surface area (Å²) in [6.45, 7) is 6.85. The number of halogens is 1. The summed E-state index contributed by atoms with van der Waals surface area (Å²) in [6.07, 6.45) is 0. The van der Waals surface area contributed by atoms with E-state index in [9.17, 15) is 4.39 Å². The molecule has 1 heterocycles. The number of nitrogens with zero attached hydrogens (tertiary/aromatic N) is 2. The van der Waals surface area contributed by atoms with Crippen molar-refractivity contribution in [3.05, 3.63) is 41.8 Å². The molecule has 2 aromatic rings. The summed E-state index contributed by atoms with van der Waals surface area (Å²) >= 11 is 5.22. The van der Waals surface area contributed by atoms with Crippen LogP contribution in [0.3, 0.4) is 0 Å². The molecule has 0 aliphatic rings. The van der Waals surface area contributed by atoms with Crippen molar-refractivity contribution in [3.8, 4) is 0 Å². The van der Waals surface area contributed by atoms with Crippen LogP contribution in [0.4, 0.5) is 21.8 Å². The third kappa shape index (κ3) is 5.78. The molecule has 5 nitrogen and oxygen atoms in total. The monoisotopic (exact) mass is 333 g/mol. The molecule has 0 saturated carbocycles. The van der Waals surface area contributed by atoms with Gasteiger partial charge in [-0.25, -0.2) is 9.37 Å². The number of aryl methyl sites for hydroxylation is 1. The molecule has 0 unspecified atom stereocenters. The highest BCUT2D eigenvalue weighted by atomic mass is 32.1. The maximum absolute atomic E-state index is 12.9. The Labute approximate surface area is 140 Å². The first kappa shape index (κ1) is 17.1. The van der Waals surface area contributed by atoms with Gasteiger partial charge in [-0.2, -0.15) is 4.98 Å². The van der Waals surface area contributed by atoms with Gasteiger partial charge in [0.15, 0.2) is 5.11 Å². The fourth-order valence-electron chi connectivity index (χ4n) is 1.81. The van der Waals surface area contributed by atoms with E-state index in [1.165, 1.54) is 12.1 Å². The van der Waals surface area contributed by atoms with Crippen LogP contribution in [-0.4, -0.2) is 21.6 Å². The third-order valence-corrected chi connectivity index (χ3v) is 3.11. The van der Waals surface area contributed by atoms with Gasteiger partial charge in [0.05, 0.1) is 0 Å². The zero-order chi connectivity index (χ0) is 16.8. The maximum Gasteiger partial charge on any atom is 0.231 e. The van der Waals surface area contributed by atoms with Gasteiger partial charge in [-0.15, -0.1) is 0 Å². The number of hydrogen-bond acceptors (Lipinski definition) is 4. The molecule has 0 aliphatic heterocycles. The zero-order valence-corrected chi connectivity index (χ0v) is 14.2. The van der Waals surface area contributed by atoms with Gasteiger partial charge in [0.2, 0.25) is 5.95 Å². The van der Waals surface area contributed by atoms with Gasteiger partial charge in [-0.05, 0) is 49.3 Å². The van der Waals surface area contributed by atoms with E-state index in [4.69, 9.17) is 12.2 Å². The van der Waals surface area contributed by atoms with Crippen molar-refractivity contribution in [1.29, 1.82) is 0 Å². The zero-order valence-electron chi connectivity index (χ0n) is 13.4. The molecule has 0 fully saturated rings. The first-order chi connectivity index (χ1) is 10.9. The molecule has 122 valence electrons. The van der Waals surface area contributed by atoms with E-state index in [-0.39, 0.29) is 5.82 Å². The molecular formula is C16H20FN5S. The van der Waals surface area contributed by atoms with Gasteiger partial charge in [-0.1, -0.05) is 13.8 Å². The standard InChI is InChI=1S/C16H20FN5S/c1-10(2)9-18-16(23)22-15-19-11(3)8-14(21-15)20-13-6-4-12(17)5-7-13/h4-8,10H,9H2,1-3H3,(H3,18,19,20,21,22,23). The van der Waals surface area contributed by atoms with Crippen molar-refractivity contribution in [2.45, 2.75) is 20.8 Å². The topological polar surface area (TPSA) is 61.9 Å². The molecule has 23 heavy (non-hydrogen) atoms. The number of aromatic nitrogens is 2. The van der Waals surface area contributed by atoms with Gasteiger partial charge in [-0.3, -0.25) is 0 Å². The number of benzene rings is 1. The summed E-state index contributed by atoms with van der Waals surface area (Å²) in [7, 11) is 0. The van der Waals surface area contributed by atoms with E-state index in [2.05, 4.69) is 39.8 Å². The summed E-state index contributed by atoms with van der Waals surface area (Å²) in [5.41, 5.74) is 1.54. The highest BCUT2D eigenvalue weighted by molar-refractivity contribution is 7.80. The fourth-order valence-corrected chi connectivity index (χ4v) is 1.99. The highest BCUT2D eigenvalue weighted by Crippen LogP contribution is 2.17. The predicted octanol–water partition coefficient (Wildman–Crippen LogP) is 3.61. The molecule has 0 radical (unpaired) electrons. The van der Waals surface area contributed by atoms with Gasteiger partial charge < -0.3 is 16.0 Å². The lowest BCUT2D eigenvalue weighted by Crippen LogP contribution is -2.32.